The highest BCUT2D eigenvalue weighted by molar-refractivity contribution is 7.08. The molecule has 3 heteroatoms. The van der Waals surface area contributed by atoms with Crippen LogP contribution in [-0.2, 0) is 4.79 Å². The maximum Gasteiger partial charge on any atom is 0.331 e. The Balaban J connectivity index is 2.36. The molecule has 1 aromatic heterocycles. The molecule has 0 saturated carbocycles. The first kappa shape index (κ1) is 11.6. The summed E-state index contributed by atoms with van der Waals surface area (Å²) in [4.78, 5) is 10.8. The van der Waals surface area contributed by atoms with E-state index in [1.165, 1.54) is 5.56 Å². The molecular weight excluding hydrogens is 232 g/mol. The molecule has 2 nitrogen and oxygen atoms in total. The van der Waals surface area contributed by atoms with Crippen LogP contribution in [0.1, 0.15) is 12.5 Å². The van der Waals surface area contributed by atoms with Gasteiger partial charge in [0.2, 0.25) is 0 Å². The first-order chi connectivity index (χ1) is 8.16. The third-order valence-corrected chi connectivity index (χ3v) is 3.14. The number of carboxylic acids is 1. The van der Waals surface area contributed by atoms with Gasteiger partial charge in [-0.2, -0.15) is 11.3 Å². The Kier molecular flexibility index (Phi) is 3.40. The minimum Gasteiger partial charge on any atom is -0.478 e. The third-order valence-electron chi connectivity index (χ3n) is 2.46. The summed E-state index contributed by atoms with van der Waals surface area (Å²) in [5.74, 6) is -0.883. The molecule has 2 aromatic rings. The van der Waals surface area contributed by atoms with E-state index in [0.29, 0.717) is 5.57 Å². The van der Waals surface area contributed by atoms with Gasteiger partial charge in [0.05, 0.1) is 0 Å². The zero-order valence-corrected chi connectivity index (χ0v) is 10.2. The van der Waals surface area contributed by atoms with Crippen molar-refractivity contribution < 1.29 is 9.90 Å². The first-order valence-electron chi connectivity index (χ1n) is 5.21. The Morgan fingerprint density at radius 3 is 2.76 bits per heavy atom. The molecule has 86 valence electrons. The summed E-state index contributed by atoms with van der Waals surface area (Å²) >= 11 is 1.65. The predicted octanol–water partition coefficient (Wildman–Crippen LogP) is 3.90. The molecule has 0 spiro atoms. The Bertz CT molecular complexity index is 553. The van der Waals surface area contributed by atoms with E-state index in [1.807, 2.05) is 29.6 Å². The fraction of sp³-hybridized carbons (Fsp3) is 0.0714. The number of hydrogen-bond donors (Lipinski definition) is 1. The minimum absolute atomic E-state index is 0.340. The Morgan fingerprint density at radius 1 is 1.29 bits per heavy atom. The van der Waals surface area contributed by atoms with Crippen LogP contribution in [-0.4, -0.2) is 11.1 Å². The van der Waals surface area contributed by atoms with Gasteiger partial charge in [-0.3, -0.25) is 0 Å². The molecule has 0 fully saturated rings. The average Bonchev–Trinajstić information content (AvgIpc) is 2.82. The number of carboxylic acid groups (broad SMARTS) is 1. The summed E-state index contributed by atoms with van der Waals surface area (Å²) < 4.78 is 0. The lowest BCUT2D eigenvalue weighted by molar-refractivity contribution is -0.132. The number of benzene rings is 1. The molecule has 0 aliphatic rings. The number of hydrogen-bond acceptors (Lipinski definition) is 2. The fourth-order valence-corrected chi connectivity index (χ4v) is 2.21. The molecular formula is C14H12O2S. The summed E-state index contributed by atoms with van der Waals surface area (Å²) in [6.07, 6.45) is 1.68. The van der Waals surface area contributed by atoms with Crippen LogP contribution < -0.4 is 0 Å². The molecule has 1 aromatic carbocycles. The van der Waals surface area contributed by atoms with Crippen molar-refractivity contribution in [2.45, 2.75) is 6.92 Å². The van der Waals surface area contributed by atoms with Crippen molar-refractivity contribution in [2.75, 3.05) is 0 Å². The Hall–Kier alpha value is -1.87. The fourth-order valence-electron chi connectivity index (χ4n) is 1.55. The number of thiophene rings is 1. The van der Waals surface area contributed by atoms with Crippen LogP contribution in [0, 0.1) is 0 Å². The number of carbonyl (C=O) groups is 1. The van der Waals surface area contributed by atoms with Crippen LogP contribution in [0.25, 0.3) is 17.2 Å². The summed E-state index contributed by atoms with van der Waals surface area (Å²) in [6.45, 7) is 1.60. The van der Waals surface area contributed by atoms with Crippen LogP contribution >= 0.6 is 11.3 Å². The molecule has 0 unspecified atom stereocenters. The van der Waals surface area contributed by atoms with Gasteiger partial charge in [-0.1, -0.05) is 18.2 Å². The van der Waals surface area contributed by atoms with Crippen molar-refractivity contribution in [3.05, 3.63) is 52.2 Å². The van der Waals surface area contributed by atoms with E-state index in [-0.39, 0.29) is 0 Å². The number of rotatable bonds is 3. The summed E-state index contributed by atoms with van der Waals surface area (Å²) in [6, 6.07) is 9.91. The largest absolute Gasteiger partial charge is 0.478 e. The standard InChI is InChI=1S/C14H12O2S/c1-10(14(15)16)7-11-3-2-4-12(8-11)13-5-6-17-9-13/h2-9H,1H3,(H,15,16)/b10-7+. The molecule has 1 N–H and O–H groups in total. The lowest BCUT2D eigenvalue weighted by Gasteiger charge is -2.00. The Morgan fingerprint density at radius 2 is 2.12 bits per heavy atom. The van der Waals surface area contributed by atoms with E-state index >= 15 is 0 Å². The molecule has 0 bridgehead atoms. The molecule has 0 radical (unpaired) electrons. The smallest absolute Gasteiger partial charge is 0.331 e. The van der Waals surface area contributed by atoms with E-state index in [0.717, 1.165) is 11.1 Å². The zero-order valence-electron chi connectivity index (χ0n) is 9.38. The summed E-state index contributed by atoms with van der Waals surface area (Å²) in [7, 11) is 0. The van der Waals surface area contributed by atoms with Crippen LogP contribution in [0.2, 0.25) is 0 Å². The molecule has 1 heterocycles. The molecule has 2 rings (SSSR count). The van der Waals surface area contributed by atoms with E-state index in [2.05, 4.69) is 11.4 Å². The van der Waals surface area contributed by atoms with Gasteiger partial charge in [0.1, 0.15) is 0 Å². The van der Waals surface area contributed by atoms with Crippen LogP contribution in [0.15, 0.2) is 46.7 Å². The maximum absolute atomic E-state index is 10.8. The van der Waals surface area contributed by atoms with Gasteiger partial charge in [-0.25, -0.2) is 4.79 Å². The van der Waals surface area contributed by atoms with Crippen LogP contribution in [0.3, 0.4) is 0 Å². The highest BCUT2D eigenvalue weighted by atomic mass is 32.1. The second kappa shape index (κ2) is 4.97. The first-order valence-corrected chi connectivity index (χ1v) is 6.15. The summed E-state index contributed by atoms with van der Waals surface area (Å²) in [5, 5.41) is 12.9. The van der Waals surface area contributed by atoms with Gasteiger partial charge in [-0.15, -0.1) is 0 Å². The monoisotopic (exact) mass is 244 g/mol. The van der Waals surface area contributed by atoms with Gasteiger partial charge >= 0.3 is 5.97 Å². The van der Waals surface area contributed by atoms with Crippen molar-refractivity contribution in [1.82, 2.24) is 0 Å². The normalized spacial score (nSPS) is 11.5. The van der Waals surface area contributed by atoms with Crippen molar-refractivity contribution in [3.63, 3.8) is 0 Å². The Labute approximate surface area is 104 Å². The van der Waals surface area contributed by atoms with E-state index < -0.39 is 5.97 Å². The van der Waals surface area contributed by atoms with Crippen molar-refractivity contribution >= 4 is 23.4 Å². The number of aliphatic carboxylic acids is 1. The summed E-state index contributed by atoms with van der Waals surface area (Å²) in [5.41, 5.74) is 3.53. The van der Waals surface area contributed by atoms with Gasteiger partial charge < -0.3 is 5.11 Å². The third kappa shape index (κ3) is 2.82. The second-order valence-electron chi connectivity index (χ2n) is 3.77. The van der Waals surface area contributed by atoms with Crippen molar-refractivity contribution in [1.29, 1.82) is 0 Å². The highest BCUT2D eigenvalue weighted by Gasteiger charge is 2.01. The van der Waals surface area contributed by atoms with Crippen LogP contribution in [0.4, 0.5) is 0 Å². The SMILES string of the molecule is C/C(=C\c1cccc(-c2ccsc2)c1)C(=O)O. The average molecular weight is 244 g/mol. The molecule has 0 amide bonds. The molecule has 0 saturated heterocycles. The highest BCUT2D eigenvalue weighted by Crippen LogP contribution is 2.23. The van der Waals surface area contributed by atoms with Gasteiger partial charge in [0.25, 0.3) is 0 Å². The predicted molar refractivity (Wildman–Crippen MR) is 71.0 cm³/mol. The second-order valence-corrected chi connectivity index (χ2v) is 4.55. The van der Waals surface area contributed by atoms with Crippen LogP contribution in [0.5, 0.6) is 0 Å². The van der Waals surface area contributed by atoms with E-state index in [9.17, 15) is 4.79 Å². The molecule has 0 aliphatic heterocycles. The molecule has 0 atom stereocenters. The maximum atomic E-state index is 10.8. The lowest BCUT2D eigenvalue weighted by Crippen LogP contribution is -1.95. The quantitative estimate of drug-likeness (QED) is 0.831. The van der Waals surface area contributed by atoms with Crippen molar-refractivity contribution in [2.24, 2.45) is 0 Å². The molecule has 17 heavy (non-hydrogen) atoms. The van der Waals surface area contributed by atoms with Gasteiger partial charge in [0, 0.05) is 5.57 Å². The van der Waals surface area contributed by atoms with Crippen molar-refractivity contribution in [3.8, 4) is 11.1 Å². The lowest BCUT2D eigenvalue weighted by atomic mass is 10.0. The molecule has 0 aliphatic carbocycles. The zero-order chi connectivity index (χ0) is 12.3. The minimum atomic E-state index is -0.883. The van der Waals surface area contributed by atoms with E-state index in [1.54, 1.807) is 24.3 Å². The van der Waals surface area contributed by atoms with Gasteiger partial charge in [-0.05, 0) is 52.6 Å². The van der Waals surface area contributed by atoms with E-state index in [4.69, 9.17) is 5.11 Å². The van der Waals surface area contributed by atoms with Gasteiger partial charge in [0.15, 0.2) is 0 Å². The topological polar surface area (TPSA) is 37.3 Å².